The first-order valence-corrected chi connectivity index (χ1v) is 43.5. The molecule has 0 aromatic heterocycles. The molecule has 0 aliphatic carbocycles. The number of unbranched alkanes of at least 4 members (excludes halogenated alkanes) is 62. The van der Waals surface area contributed by atoms with Crippen LogP contribution in [0.3, 0.4) is 0 Å². The number of likely N-dealkylation sites (N-methyl/N-ethyl adjacent to an activating group) is 1. The van der Waals surface area contributed by atoms with Gasteiger partial charge in [-0.2, -0.15) is 0 Å². The predicted molar refractivity (Wildman–Crippen MR) is 407 cm³/mol. The zero-order valence-electron chi connectivity index (χ0n) is 64.0. The lowest BCUT2D eigenvalue weighted by Gasteiger charge is -2.28. The molecule has 10 heteroatoms. The second-order valence-corrected chi connectivity index (χ2v) is 31.6. The Morgan fingerprint density at radius 2 is 0.574 bits per heavy atom. The third kappa shape index (κ3) is 79.5. The van der Waals surface area contributed by atoms with E-state index < -0.39 is 26.5 Å². The normalized spacial score (nSPS) is 13.0. The molecule has 0 spiro atoms. The first-order chi connectivity index (χ1) is 46.0. The second-order valence-electron chi connectivity index (χ2n) is 30.2. The summed E-state index contributed by atoms with van der Waals surface area (Å²) in [4.78, 5) is 38.2. The Hall–Kier alpha value is -1.51. The number of carbonyl (C=O) groups excluding carboxylic acids is 2. The molecule has 0 fully saturated rings. The highest BCUT2D eigenvalue weighted by Crippen LogP contribution is 2.38. The van der Waals surface area contributed by atoms with Crippen LogP contribution in [0.25, 0.3) is 0 Å². The second kappa shape index (κ2) is 75.7. The average Bonchev–Trinajstić information content (AvgIpc) is 1.66. The van der Waals surface area contributed by atoms with Crippen molar-refractivity contribution in [2.45, 2.75) is 457 Å². The number of quaternary nitrogens is 1. The monoisotopic (exact) mass is 1350 g/mol. The van der Waals surface area contributed by atoms with Gasteiger partial charge in [0.05, 0.1) is 27.7 Å². The zero-order chi connectivity index (χ0) is 68.3. The van der Waals surface area contributed by atoms with E-state index in [0.29, 0.717) is 17.4 Å². The Morgan fingerprint density at radius 3 is 0.840 bits per heavy atom. The molecule has 0 aliphatic rings. The molecule has 0 amide bonds. The number of ether oxygens (including phenoxy) is 2. The molecule has 0 N–H and O–H groups in total. The van der Waals surface area contributed by atoms with Crippen molar-refractivity contribution in [3.8, 4) is 0 Å². The van der Waals surface area contributed by atoms with Crippen molar-refractivity contribution in [1.29, 1.82) is 0 Å². The van der Waals surface area contributed by atoms with Crippen molar-refractivity contribution in [2.24, 2.45) is 0 Å². The van der Waals surface area contributed by atoms with Crippen molar-refractivity contribution < 1.29 is 42.1 Å². The molecule has 0 saturated carbocycles. The van der Waals surface area contributed by atoms with Gasteiger partial charge in [-0.15, -0.1) is 0 Å². The van der Waals surface area contributed by atoms with E-state index in [0.717, 1.165) is 38.5 Å². The maximum Gasteiger partial charge on any atom is 0.306 e. The summed E-state index contributed by atoms with van der Waals surface area (Å²) < 4.78 is 34.5. The van der Waals surface area contributed by atoms with Crippen molar-refractivity contribution in [3.05, 3.63) is 24.3 Å². The van der Waals surface area contributed by atoms with E-state index in [-0.39, 0.29) is 32.0 Å². The van der Waals surface area contributed by atoms with Crippen molar-refractivity contribution in [2.75, 3.05) is 47.5 Å². The molecule has 0 saturated heterocycles. The number of phosphoric acid groups is 1. The van der Waals surface area contributed by atoms with Gasteiger partial charge in [0.25, 0.3) is 7.82 Å². The zero-order valence-corrected chi connectivity index (χ0v) is 64.9. The Balaban J connectivity index is 3.86. The molecule has 2 atom stereocenters. The van der Waals surface area contributed by atoms with Crippen LogP contribution in [0.2, 0.25) is 0 Å². The number of rotatable bonds is 80. The van der Waals surface area contributed by atoms with Crippen LogP contribution in [-0.4, -0.2) is 70.0 Å². The molecular formula is C84H164NO8P. The van der Waals surface area contributed by atoms with Gasteiger partial charge >= 0.3 is 11.9 Å². The number of phosphoric ester groups is 1. The molecule has 2 unspecified atom stereocenters. The Morgan fingerprint density at radius 1 is 0.330 bits per heavy atom. The van der Waals surface area contributed by atoms with Crippen LogP contribution in [0.1, 0.15) is 450 Å². The molecule has 0 aromatic carbocycles. The SMILES string of the molecule is CCCCCCC/C=C\C/C=C\CCCCCCCCCCCCCCCCCCCCCC(=O)OC(COC(=O)CCCCCCCCCCCCCCCCCCCCCCCCCCCCCCCCCCCCCCCCC)COP(=O)([O-])OCC[N+](C)(C)C. The van der Waals surface area contributed by atoms with Crippen LogP contribution in [-0.2, 0) is 32.7 Å². The van der Waals surface area contributed by atoms with Crippen LogP contribution in [0.5, 0.6) is 0 Å². The summed E-state index contributed by atoms with van der Waals surface area (Å²) in [6.45, 7) is 4.32. The number of nitrogens with zero attached hydrogens (tertiary/aromatic N) is 1. The fourth-order valence-corrected chi connectivity index (χ4v) is 13.8. The van der Waals surface area contributed by atoms with Gasteiger partial charge in [-0.25, -0.2) is 0 Å². The molecule has 0 heterocycles. The van der Waals surface area contributed by atoms with Gasteiger partial charge in [0.2, 0.25) is 0 Å². The van der Waals surface area contributed by atoms with E-state index in [1.165, 1.54) is 379 Å². The molecule has 0 rings (SSSR count). The highest BCUT2D eigenvalue weighted by molar-refractivity contribution is 7.45. The number of allylic oxidation sites excluding steroid dienone is 4. The van der Waals surface area contributed by atoms with Crippen molar-refractivity contribution >= 4 is 19.8 Å². The van der Waals surface area contributed by atoms with Gasteiger partial charge in [-0.3, -0.25) is 14.2 Å². The number of carbonyl (C=O) groups is 2. The maximum atomic E-state index is 12.9. The fraction of sp³-hybridized carbons (Fsp3) is 0.929. The smallest absolute Gasteiger partial charge is 0.306 e. The van der Waals surface area contributed by atoms with Gasteiger partial charge in [-0.1, -0.05) is 417 Å². The Labute approximate surface area is 587 Å². The standard InChI is InChI=1S/C84H164NO8P/c1-6-8-10-12-14-16-18-20-22-24-26-28-30-32-34-36-38-39-40-41-42-43-44-45-47-48-50-52-54-56-58-60-62-64-66-68-70-72-74-76-83(86)90-80-82(81-92-94(88,89)91-79-78-85(3,4)5)93-84(87)77-75-73-71-69-67-65-63-61-59-57-55-53-51-49-46-37-35-33-31-29-27-25-23-21-19-17-15-13-11-9-7-2/h19,21,25,27,82H,6-18,20,22-24,26,28-81H2,1-5H3/b21-19-,27-25-. The lowest BCUT2D eigenvalue weighted by atomic mass is 10.0. The Kier molecular flexibility index (Phi) is 74.5. The van der Waals surface area contributed by atoms with Crippen LogP contribution in [0.15, 0.2) is 24.3 Å². The summed E-state index contributed by atoms with van der Waals surface area (Å²) >= 11 is 0. The van der Waals surface area contributed by atoms with E-state index in [1.807, 2.05) is 21.1 Å². The molecule has 9 nitrogen and oxygen atoms in total. The van der Waals surface area contributed by atoms with Crippen LogP contribution in [0.4, 0.5) is 0 Å². The highest BCUT2D eigenvalue weighted by atomic mass is 31.2. The summed E-state index contributed by atoms with van der Waals surface area (Å²) in [6, 6.07) is 0. The largest absolute Gasteiger partial charge is 0.756 e. The molecular weight excluding hydrogens is 1180 g/mol. The lowest BCUT2D eigenvalue weighted by Crippen LogP contribution is -2.37. The maximum absolute atomic E-state index is 12.9. The van der Waals surface area contributed by atoms with Gasteiger partial charge in [0.1, 0.15) is 19.8 Å². The van der Waals surface area contributed by atoms with Crippen molar-refractivity contribution in [3.63, 3.8) is 0 Å². The Bertz CT molecular complexity index is 1630. The number of hydrogen-bond donors (Lipinski definition) is 0. The van der Waals surface area contributed by atoms with Crippen molar-refractivity contribution in [1.82, 2.24) is 0 Å². The van der Waals surface area contributed by atoms with Crippen LogP contribution in [0, 0.1) is 0 Å². The quantitative estimate of drug-likeness (QED) is 0.0195. The summed E-state index contributed by atoms with van der Waals surface area (Å²) in [6.07, 6.45) is 97.6. The summed E-state index contributed by atoms with van der Waals surface area (Å²) in [5.74, 6) is -0.804. The van der Waals surface area contributed by atoms with Gasteiger partial charge in [0, 0.05) is 12.8 Å². The minimum atomic E-state index is -4.64. The van der Waals surface area contributed by atoms with E-state index in [4.69, 9.17) is 18.5 Å². The summed E-state index contributed by atoms with van der Waals surface area (Å²) in [5, 5.41) is 0. The molecule has 0 aromatic rings. The van der Waals surface area contributed by atoms with Gasteiger partial charge < -0.3 is 27.9 Å². The predicted octanol–water partition coefficient (Wildman–Crippen LogP) is 27.3. The first kappa shape index (κ1) is 92.5. The molecule has 0 bridgehead atoms. The fourth-order valence-electron chi connectivity index (χ4n) is 13.0. The van der Waals surface area contributed by atoms with Crippen LogP contribution >= 0.6 is 7.82 Å². The van der Waals surface area contributed by atoms with E-state index in [9.17, 15) is 19.0 Å². The minimum absolute atomic E-state index is 0.0266. The third-order valence-corrected chi connectivity index (χ3v) is 20.4. The summed E-state index contributed by atoms with van der Waals surface area (Å²) in [5.41, 5.74) is 0. The topological polar surface area (TPSA) is 111 Å². The third-order valence-electron chi connectivity index (χ3n) is 19.5. The lowest BCUT2D eigenvalue weighted by molar-refractivity contribution is -0.870. The van der Waals surface area contributed by atoms with E-state index >= 15 is 0 Å². The van der Waals surface area contributed by atoms with Gasteiger partial charge in [-0.05, 0) is 44.9 Å². The molecule has 0 radical (unpaired) electrons. The number of hydrogen-bond acceptors (Lipinski definition) is 8. The molecule has 94 heavy (non-hydrogen) atoms. The summed E-state index contributed by atoms with van der Waals surface area (Å²) in [7, 11) is 1.19. The average molecular weight is 1350 g/mol. The highest BCUT2D eigenvalue weighted by Gasteiger charge is 2.22. The molecule has 558 valence electrons. The number of esters is 2. The molecule has 0 aliphatic heterocycles. The van der Waals surface area contributed by atoms with Crippen LogP contribution < -0.4 is 4.89 Å². The van der Waals surface area contributed by atoms with E-state index in [2.05, 4.69) is 38.2 Å². The van der Waals surface area contributed by atoms with Gasteiger partial charge in [0.15, 0.2) is 6.10 Å². The van der Waals surface area contributed by atoms with E-state index in [1.54, 1.807) is 0 Å². The minimum Gasteiger partial charge on any atom is -0.756 e. The first-order valence-electron chi connectivity index (χ1n) is 42.0.